The van der Waals surface area contributed by atoms with Gasteiger partial charge in [-0.1, -0.05) is 12.1 Å². The second kappa shape index (κ2) is 5.29. The molecule has 7 heteroatoms. The standard InChI is InChI=1S/C12H17N3O4/c1-7-3-4-15(10(7)11(16)17)12(18)13-6-9-5-8(2)19-14-9/h5,7,10H,3-4,6H2,1-2H3,(H,13,18)(H,16,17). The third-order valence-corrected chi connectivity index (χ3v) is 3.31. The largest absolute Gasteiger partial charge is 0.480 e. The fourth-order valence-corrected chi connectivity index (χ4v) is 2.32. The highest BCUT2D eigenvalue weighted by atomic mass is 16.5. The first-order valence-electron chi connectivity index (χ1n) is 6.18. The van der Waals surface area contributed by atoms with Crippen LogP contribution in [0.3, 0.4) is 0 Å². The summed E-state index contributed by atoms with van der Waals surface area (Å²) in [5.41, 5.74) is 0.616. The van der Waals surface area contributed by atoms with Crippen molar-refractivity contribution in [1.29, 1.82) is 0 Å². The number of rotatable bonds is 3. The van der Waals surface area contributed by atoms with Gasteiger partial charge in [-0.05, 0) is 19.3 Å². The second-order valence-electron chi connectivity index (χ2n) is 4.83. The molecule has 1 aromatic rings. The first kappa shape index (κ1) is 13.4. The van der Waals surface area contributed by atoms with Crippen molar-refractivity contribution in [2.75, 3.05) is 6.54 Å². The minimum atomic E-state index is -0.961. The molecule has 0 saturated carbocycles. The summed E-state index contributed by atoms with van der Waals surface area (Å²) in [4.78, 5) is 24.5. The summed E-state index contributed by atoms with van der Waals surface area (Å²) in [6, 6.07) is 0.595. The van der Waals surface area contributed by atoms with E-state index in [1.807, 2.05) is 6.92 Å². The van der Waals surface area contributed by atoms with E-state index in [1.54, 1.807) is 13.0 Å². The number of aromatic nitrogens is 1. The lowest BCUT2D eigenvalue weighted by molar-refractivity contribution is -0.142. The van der Waals surface area contributed by atoms with Crippen molar-refractivity contribution in [3.8, 4) is 0 Å². The molecule has 1 aliphatic rings. The number of amides is 2. The maximum absolute atomic E-state index is 12.0. The van der Waals surface area contributed by atoms with Gasteiger partial charge < -0.3 is 19.8 Å². The van der Waals surface area contributed by atoms with Gasteiger partial charge in [-0.15, -0.1) is 0 Å². The van der Waals surface area contributed by atoms with Gasteiger partial charge in [0.05, 0.1) is 6.54 Å². The summed E-state index contributed by atoms with van der Waals surface area (Å²) in [5.74, 6) is -0.322. The van der Waals surface area contributed by atoms with Gasteiger partial charge in [-0.25, -0.2) is 9.59 Å². The molecule has 0 bridgehead atoms. The van der Waals surface area contributed by atoms with Crippen molar-refractivity contribution >= 4 is 12.0 Å². The van der Waals surface area contributed by atoms with E-state index < -0.39 is 12.0 Å². The van der Waals surface area contributed by atoms with Gasteiger partial charge in [0.2, 0.25) is 0 Å². The first-order valence-corrected chi connectivity index (χ1v) is 6.18. The average Bonchev–Trinajstić information content (AvgIpc) is 2.92. The van der Waals surface area contributed by atoms with E-state index in [4.69, 9.17) is 9.63 Å². The molecule has 2 rings (SSSR count). The summed E-state index contributed by atoms with van der Waals surface area (Å²) in [6.45, 7) is 4.29. The number of carbonyl (C=O) groups is 2. The number of nitrogens with one attached hydrogen (secondary N) is 1. The maximum atomic E-state index is 12.0. The normalized spacial score (nSPS) is 22.5. The predicted molar refractivity (Wildman–Crippen MR) is 65.4 cm³/mol. The van der Waals surface area contributed by atoms with Crippen LogP contribution in [0.5, 0.6) is 0 Å². The van der Waals surface area contributed by atoms with Crippen LogP contribution in [-0.4, -0.2) is 39.8 Å². The Hall–Kier alpha value is -2.05. The molecule has 1 aliphatic heterocycles. The molecule has 2 unspecified atom stereocenters. The quantitative estimate of drug-likeness (QED) is 0.851. The van der Waals surface area contributed by atoms with Crippen molar-refractivity contribution in [2.45, 2.75) is 32.9 Å². The summed E-state index contributed by atoms with van der Waals surface area (Å²) in [6.07, 6.45) is 0.702. The molecule has 2 amide bonds. The zero-order valence-electron chi connectivity index (χ0n) is 10.9. The molecule has 2 N–H and O–H groups in total. The number of hydrogen-bond acceptors (Lipinski definition) is 4. The van der Waals surface area contributed by atoms with Crippen LogP contribution in [0, 0.1) is 12.8 Å². The van der Waals surface area contributed by atoms with Gasteiger partial charge in [-0.3, -0.25) is 0 Å². The molecule has 19 heavy (non-hydrogen) atoms. The lowest BCUT2D eigenvalue weighted by Crippen LogP contribution is -2.47. The van der Waals surface area contributed by atoms with E-state index in [1.165, 1.54) is 4.90 Å². The first-order chi connectivity index (χ1) is 8.99. The molecule has 0 radical (unpaired) electrons. The summed E-state index contributed by atoms with van der Waals surface area (Å²) >= 11 is 0. The topological polar surface area (TPSA) is 95.7 Å². The van der Waals surface area contributed by atoms with Crippen LogP contribution >= 0.6 is 0 Å². The van der Waals surface area contributed by atoms with Crippen LogP contribution in [0.2, 0.25) is 0 Å². The highest BCUT2D eigenvalue weighted by Gasteiger charge is 2.39. The lowest BCUT2D eigenvalue weighted by atomic mass is 10.0. The molecule has 1 saturated heterocycles. The number of likely N-dealkylation sites (tertiary alicyclic amines) is 1. The summed E-state index contributed by atoms with van der Waals surface area (Å²) in [5, 5.41) is 15.6. The molecular formula is C12H17N3O4. The zero-order valence-corrected chi connectivity index (χ0v) is 10.9. The highest BCUT2D eigenvalue weighted by Crippen LogP contribution is 2.24. The number of carboxylic acids is 1. The fourth-order valence-electron chi connectivity index (χ4n) is 2.32. The van der Waals surface area contributed by atoms with Crippen molar-refractivity contribution in [1.82, 2.24) is 15.4 Å². The Morgan fingerprint density at radius 2 is 2.37 bits per heavy atom. The van der Waals surface area contributed by atoms with Crippen molar-refractivity contribution in [2.24, 2.45) is 5.92 Å². The van der Waals surface area contributed by atoms with Crippen molar-refractivity contribution in [3.05, 3.63) is 17.5 Å². The molecule has 104 valence electrons. The summed E-state index contributed by atoms with van der Waals surface area (Å²) < 4.78 is 4.89. The van der Waals surface area contributed by atoms with Gasteiger partial charge in [-0.2, -0.15) is 0 Å². The van der Waals surface area contributed by atoms with Crippen LogP contribution in [0.15, 0.2) is 10.6 Å². The van der Waals surface area contributed by atoms with Gasteiger partial charge in [0, 0.05) is 12.6 Å². The van der Waals surface area contributed by atoms with Gasteiger partial charge in [0.1, 0.15) is 17.5 Å². The maximum Gasteiger partial charge on any atom is 0.326 e. The van der Waals surface area contributed by atoms with Crippen LogP contribution < -0.4 is 5.32 Å². The Bertz CT molecular complexity index is 485. The van der Waals surface area contributed by atoms with E-state index in [0.717, 1.165) is 0 Å². The zero-order chi connectivity index (χ0) is 14.0. The Morgan fingerprint density at radius 1 is 1.63 bits per heavy atom. The third kappa shape index (κ3) is 2.86. The molecule has 1 fully saturated rings. The summed E-state index contributed by atoms with van der Waals surface area (Å²) in [7, 11) is 0. The molecule has 2 atom stereocenters. The Balaban J connectivity index is 1.94. The lowest BCUT2D eigenvalue weighted by Gasteiger charge is -2.23. The van der Waals surface area contributed by atoms with Gasteiger partial charge in [0.25, 0.3) is 0 Å². The van der Waals surface area contributed by atoms with Crippen molar-refractivity contribution < 1.29 is 19.2 Å². The van der Waals surface area contributed by atoms with Gasteiger partial charge in [0.15, 0.2) is 0 Å². The number of urea groups is 1. The molecule has 7 nitrogen and oxygen atoms in total. The number of aliphatic carboxylic acids is 1. The molecule has 0 aliphatic carbocycles. The number of carboxylic acid groups (broad SMARTS) is 1. The minimum absolute atomic E-state index is 0.0301. The smallest absolute Gasteiger partial charge is 0.326 e. The number of carbonyl (C=O) groups excluding carboxylic acids is 1. The van der Waals surface area contributed by atoms with E-state index in [-0.39, 0.29) is 18.5 Å². The Morgan fingerprint density at radius 3 is 2.95 bits per heavy atom. The van der Waals surface area contributed by atoms with Gasteiger partial charge >= 0.3 is 12.0 Å². The molecule has 2 heterocycles. The molecule has 0 aromatic carbocycles. The van der Waals surface area contributed by atoms with Crippen molar-refractivity contribution in [3.63, 3.8) is 0 Å². The minimum Gasteiger partial charge on any atom is -0.480 e. The number of hydrogen-bond donors (Lipinski definition) is 2. The van der Waals surface area contributed by atoms with E-state index in [0.29, 0.717) is 24.4 Å². The highest BCUT2D eigenvalue weighted by molar-refractivity contribution is 5.83. The molecular weight excluding hydrogens is 250 g/mol. The van der Waals surface area contributed by atoms with Crippen LogP contribution in [-0.2, 0) is 11.3 Å². The van der Waals surface area contributed by atoms with Crippen LogP contribution in [0.25, 0.3) is 0 Å². The SMILES string of the molecule is Cc1cc(CNC(=O)N2CCC(C)C2C(=O)O)no1. The van der Waals surface area contributed by atoms with E-state index in [2.05, 4.69) is 10.5 Å². The Labute approximate surface area is 110 Å². The Kier molecular flexibility index (Phi) is 3.73. The number of aryl methyl sites for hydroxylation is 1. The van der Waals surface area contributed by atoms with E-state index >= 15 is 0 Å². The third-order valence-electron chi connectivity index (χ3n) is 3.31. The average molecular weight is 267 g/mol. The van der Waals surface area contributed by atoms with Crippen LogP contribution in [0.1, 0.15) is 24.8 Å². The monoisotopic (exact) mass is 267 g/mol. The second-order valence-corrected chi connectivity index (χ2v) is 4.83. The predicted octanol–water partition coefficient (Wildman–Crippen LogP) is 0.988. The van der Waals surface area contributed by atoms with Crippen LogP contribution in [0.4, 0.5) is 4.79 Å². The fraction of sp³-hybridized carbons (Fsp3) is 0.583. The van der Waals surface area contributed by atoms with E-state index in [9.17, 15) is 9.59 Å². The molecule has 0 spiro atoms. The molecule has 1 aromatic heterocycles. The number of nitrogens with zero attached hydrogens (tertiary/aromatic N) is 2.